The fourth-order valence-corrected chi connectivity index (χ4v) is 2.39. The van der Waals surface area contributed by atoms with E-state index in [1.165, 1.54) is 10.7 Å². The Morgan fingerprint density at radius 3 is 2.81 bits per heavy atom. The van der Waals surface area contributed by atoms with Crippen molar-refractivity contribution in [1.82, 2.24) is 9.78 Å². The topological polar surface area (TPSA) is 84.7 Å². The molecule has 1 unspecified atom stereocenters. The third-order valence-corrected chi connectivity index (χ3v) is 3.42. The van der Waals surface area contributed by atoms with Crippen LogP contribution in [0.5, 0.6) is 0 Å². The predicted octanol–water partition coefficient (Wildman–Crippen LogP) is 0.158. The van der Waals surface area contributed by atoms with Gasteiger partial charge in [0.05, 0.1) is 37.6 Å². The van der Waals surface area contributed by atoms with E-state index in [1.54, 1.807) is 13.1 Å². The molecule has 1 aromatic rings. The molecule has 1 aliphatic rings. The van der Waals surface area contributed by atoms with Gasteiger partial charge in [-0.2, -0.15) is 5.10 Å². The van der Waals surface area contributed by atoms with Crippen molar-refractivity contribution >= 4 is 11.7 Å². The monoisotopic (exact) mass is 295 g/mol. The summed E-state index contributed by atoms with van der Waals surface area (Å²) in [6.07, 6.45) is 2.76. The third-order valence-electron chi connectivity index (χ3n) is 3.42. The summed E-state index contributed by atoms with van der Waals surface area (Å²) in [5.41, 5.74) is 0.538. The minimum atomic E-state index is -0.980. The molecule has 1 saturated heterocycles. The van der Waals surface area contributed by atoms with E-state index in [1.807, 2.05) is 0 Å². The van der Waals surface area contributed by atoms with E-state index in [9.17, 15) is 14.7 Å². The minimum absolute atomic E-state index is 0.0159. The molecule has 0 saturated carbocycles. The maximum Gasteiger partial charge on any atom is 0.308 e. The van der Waals surface area contributed by atoms with Gasteiger partial charge < -0.3 is 14.7 Å². The first-order valence-electron chi connectivity index (χ1n) is 7.26. The zero-order valence-corrected chi connectivity index (χ0v) is 12.2. The van der Waals surface area contributed by atoms with Gasteiger partial charge in [-0.25, -0.2) is 4.68 Å². The van der Waals surface area contributed by atoms with Crippen LogP contribution in [0.4, 0.5) is 5.69 Å². The molecule has 1 aromatic heterocycles. The van der Waals surface area contributed by atoms with Crippen molar-refractivity contribution < 1.29 is 14.6 Å². The van der Waals surface area contributed by atoms with E-state index in [0.717, 1.165) is 31.6 Å². The Balaban J connectivity index is 1.97. The number of aliphatic hydroxyl groups is 1. The lowest BCUT2D eigenvalue weighted by Crippen LogP contribution is -2.31. The van der Waals surface area contributed by atoms with Crippen LogP contribution in [0.15, 0.2) is 17.1 Å². The number of nitrogens with zero attached hydrogens (tertiary/aromatic N) is 3. The lowest BCUT2D eigenvalue weighted by Gasteiger charge is -2.17. The Morgan fingerprint density at radius 2 is 2.19 bits per heavy atom. The Bertz CT molecular complexity index is 537. The number of ether oxygens (including phenoxy) is 1. The standard InChI is InChI=1S/C14H21N3O4/c1-2-21-14(20)8-12(18)10-17-13(19)7-11(9-15-17)16-5-3-4-6-16/h7,9,12,18H,2-6,8,10H2,1H3. The lowest BCUT2D eigenvalue weighted by molar-refractivity contribution is -0.145. The molecule has 1 N–H and O–H groups in total. The quantitative estimate of drug-likeness (QED) is 0.752. The average Bonchev–Trinajstić information content (AvgIpc) is 2.95. The maximum atomic E-state index is 12.0. The van der Waals surface area contributed by atoms with Gasteiger partial charge in [-0.05, 0) is 19.8 Å². The summed E-state index contributed by atoms with van der Waals surface area (Å²) in [6, 6.07) is 1.52. The van der Waals surface area contributed by atoms with Crippen LogP contribution in [0.25, 0.3) is 0 Å². The van der Waals surface area contributed by atoms with Gasteiger partial charge in [-0.3, -0.25) is 9.59 Å². The summed E-state index contributed by atoms with van der Waals surface area (Å²) in [5.74, 6) is -0.480. The van der Waals surface area contributed by atoms with Crippen molar-refractivity contribution in [3.8, 4) is 0 Å². The second-order valence-electron chi connectivity index (χ2n) is 5.09. The number of hydrogen-bond donors (Lipinski definition) is 1. The number of rotatable bonds is 6. The van der Waals surface area contributed by atoms with Crippen molar-refractivity contribution in [2.75, 3.05) is 24.6 Å². The molecule has 2 rings (SSSR count). The van der Waals surface area contributed by atoms with Crippen molar-refractivity contribution in [3.05, 3.63) is 22.6 Å². The van der Waals surface area contributed by atoms with Gasteiger partial charge >= 0.3 is 5.97 Å². The summed E-state index contributed by atoms with van der Waals surface area (Å²) in [6.45, 7) is 3.84. The van der Waals surface area contributed by atoms with Crippen LogP contribution in [0.2, 0.25) is 0 Å². The van der Waals surface area contributed by atoms with E-state index in [0.29, 0.717) is 0 Å². The molecule has 2 heterocycles. The molecule has 116 valence electrons. The second-order valence-corrected chi connectivity index (χ2v) is 5.09. The lowest BCUT2D eigenvalue weighted by atomic mass is 10.2. The average molecular weight is 295 g/mol. The molecule has 1 atom stereocenters. The summed E-state index contributed by atoms with van der Waals surface area (Å²) in [7, 11) is 0. The van der Waals surface area contributed by atoms with Crippen LogP contribution >= 0.6 is 0 Å². The first-order valence-corrected chi connectivity index (χ1v) is 7.26. The largest absolute Gasteiger partial charge is 0.466 e. The zero-order chi connectivity index (χ0) is 15.2. The fraction of sp³-hybridized carbons (Fsp3) is 0.643. The SMILES string of the molecule is CCOC(=O)CC(O)Cn1ncc(N2CCCC2)cc1=O. The highest BCUT2D eigenvalue weighted by Gasteiger charge is 2.16. The van der Waals surface area contributed by atoms with Gasteiger partial charge in [0, 0.05) is 19.2 Å². The van der Waals surface area contributed by atoms with E-state index >= 15 is 0 Å². The van der Waals surface area contributed by atoms with Crippen LogP contribution < -0.4 is 10.5 Å². The predicted molar refractivity (Wildman–Crippen MR) is 77.2 cm³/mol. The number of anilines is 1. The van der Waals surface area contributed by atoms with Crippen LogP contribution in [0, 0.1) is 0 Å². The van der Waals surface area contributed by atoms with E-state index < -0.39 is 12.1 Å². The number of carbonyl (C=O) groups is 1. The number of aromatic nitrogens is 2. The Morgan fingerprint density at radius 1 is 1.48 bits per heavy atom. The number of esters is 1. The molecule has 0 bridgehead atoms. The highest BCUT2D eigenvalue weighted by molar-refractivity contribution is 5.69. The first kappa shape index (κ1) is 15.5. The van der Waals surface area contributed by atoms with Gasteiger partial charge in [0.15, 0.2) is 0 Å². The number of carbonyl (C=O) groups excluding carboxylic acids is 1. The van der Waals surface area contributed by atoms with Gasteiger partial charge in [0.2, 0.25) is 0 Å². The molecule has 1 fully saturated rings. The van der Waals surface area contributed by atoms with E-state index in [4.69, 9.17) is 4.74 Å². The summed E-state index contributed by atoms with van der Waals surface area (Å²) >= 11 is 0. The molecule has 21 heavy (non-hydrogen) atoms. The highest BCUT2D eigenvalue weighted by atomic mass is 16.5. The van der Waals surface area contributed by atoms with Gasteiger partial charge in [0.1, 0.15) is 0 Å². The Kier molecular flexibility index (Phi) is 5.32. The van der Waals surface area contributed by atoms with E-state index in [2.05, 4.69) is 10.00 Å². The first-order chi connectivity index (χ1) is 10.1. The number of hydrogen-bond acceptors (Lipinski definition) is 6. The molecular formula is C14H21N3O4. The molecule has 0 amide bonds. The van der Waals surface area contributed by atoms with Crippen molar-refractivity contribution in [2.45, 2.75) is 38.8 Å². The summed E-state index contributed by atoms with van der Waals surface area (Å²) in [4.78, 5) is 25.4. The Labute approximate surface area is 123 Å². The fourth-order valence-electron chi connectivity index (χ4n) is 2.39. The van der Waals surface area contributed by atoms with Gasteiger partial charge in [0.25, 0.3) is 5.56 Å². The molecule has 0 aromatic carbocycles. The van der Waals surface area contributed by atoms with Gasteiger partial charge in [-0.1, -0.05) is 0 Å². The van der Waals surface area contributed by atoms with E-state index in [-0.39, 0.29) is 25.1 Å². The summed E-state index contributed by atoms with van der Waals surface area (Å²) in [5, 5.41) is 13.9. The zero-order valence-electron chi connectivity index (χ0n) is 12.2. The van der Waals surface area contributed by atoms with Crippen LogP contribution in [0.1, 0.15) is 26.2 Å². The smallest absolute Gasteiger partial charge is 0.308 e. The molecular weight excluding hydrogens is 274 g/mol. The minimum Gasteiger partial charge on any atom is -0.466 e. The number of aliphatic hydroxyl groups excluding tert-OH is 1. The maximum absolute atomic E-state index is 12.0. The summed E-state index contributed by atoms with van der Waals surface area (Å²) < 4.78 is 5.92. The molecule has 0 radical (unpaired) electrons. The Hall–Kier alpha value is -1.89. The molecule has 0 spiro atoms. The third kappa shape index (κ3) is 4.29. The molecule has 1 aliphatic heterocycles. The van der Waals surface area contributed by atoms with Crippen LogP contribution in [0.3, 0.4) is 0 Å². The second kappa shape index (κ2) is 7.21. The highest BCUT2D eigenvalue weighted by Crippen LogP contribution is 2.16. The molecule has 0 aliphatic carbocycles. The molecule has 7 heteroatoms. The normalized spacial score (nSPS) is 16.0. The van der Waals surface area contributed by atoms with Gasteiger partial charge in [-0.15, -0.1) is 0 Å². The van der Waals surface area contributed by atoms with Crippen molar-refractivity contribution in [2.24, 2.45) is 0 Å². The van der Waals surface area contributed by atoms with Crippen molar-refractivity contribution in [1.29, 1.82) is 0 Å². The van der Waals surface area contributed by atoms with Crippen molar-refractivity contribution in [3.63, 3.8) is 0 Å². The molecule has 7 nitrogen and oxygen atoms in total. The van der Waals surface area contributed by atoms with Crippen LogP contribution in [-0.4, -0.2) is 46.7 Å². The van der Waals surface area contributed by atoms with Crippen LogP contribution in [-0.2, 0) is 16.1 Å².